The van der Waals surface area contributed by atoms with Crippen LogP contribution in [-0.4, -0.2) is 21.5 Å². The molecule has 4 saturated carbocycles. The Morgan fingerprint density at radius 2 is 1.93 bits per heavy atom. The average Bonchev–Trinajstić information content (AvgIpc) is 3.27. The summed E-state index contributed by atoms with van der Waals surface area (Å²) in [5, 5.41) is 10.6. The molecular formula is C24H35NO3. The minimum atomic E-state index is -0.443. The maximum atomic E-state index is 13.1. The molecule has 0 bridgehead atoms. The lowest BCUT2D eigenvalue weighted by Gasteiger charge is -2.56. The third-order valence-corrected chi connectivity index (χ3v) is 9.43. The summed E-state index contributed by atoms with van der Waals surface area (Å²) >= 11 is 0. The Morgan fingerprint density at radius 1 is 1.11 bits per heavy atom. The zero-order valence-electron chi connectivity index (χ0n) is 17.4. The molecule has 0 spiro atoms. The van der Waals surface area contributed by atoms with E-state index in [0.29, 0.717) is 24.0 Å². The quantitative estimate of drug-likeness (QED) is 0.811. The van der Waals surface area contributed by atoms with Crippen LogP contribution in [0.15, 0.2) is 16.9 Å². The van der Waals surface area contributed by atoms with Crippen LogP contribution in [0.1, 0.15) is 77.5 Å². The number of oxazole rings is 1. The largest absolute Gasteiger partial charge is 0.449 e. The fourth-order valence-corrected chi connectivity index (χ4v) is 8.22. The molecule has 1 N–H and O–H groups in total. The number of aromatic nitrogens is 1. The van der Waals surface area contributed by atoms with E-state index in [4.69, 9.17) is 4.42 Å². The van der Waals surface area contributed by atoms with E-state index >= 15 is 0 Å². The van der Waals surface area contributed by atoms with Crippen LogP contribution in [-0.2, 0) is 11.2 Å². The van der Waals surface area contributed by atoms with Gasteiger partial charge in [0.25, 0.3) is 0 Å². The maximum absolute atomic E-state index is 13.1. The summed E-state index contributed by atoms with van der Waals surface area (Å²) in [6, 6.07) is 0. The summed E-state index contributed by atoms with van der Waals surface area (Å²) in [6.45, 7) is 4.45. The number of hydrogen-bond acceptors (Lipinski definition) is 4. The molecule has 4 aliphatic rings. The van der Waals surface area contributed by atoms with Gasteiger partial charge < -0.3 is 9.52 Å². The lowest BCUT2D eigenvalue weighted by atomic mass is 9.49. The highest BCUT2D eigenvalue weighted by atomic mass is 16.3. The predicted octanol–water partition coefficient (Wildman–Crippen LogP) is 4.81. The summed E-state index contributed by atoms with van der Waals surface area (Å²) in [4.78, 5) is 17.3. The first-order valence-corrected chi connectivity index (χ1v) is 11.5. The Bertz CT molecular complexity index is 726. The second-order valence-corrected chi connectivity index (χ2v) is 10.9. The van der Waals surface area contributed by atoms with Crippen LogP contribution in [0.5, 0.6) is 0 Å². The Morgan fingerprint density at radius 3 is 2.71 bits per heavy atom. The fourth-order valence-electron chi connectivity index (χ4n) is 8.22. The molecule has 4 aliphatic carbocycles. The van der Waals surface area contributed by atoms with Crippen LogP contribution in [0.25, 0.3) is 0 Å². The minimum Gasteiger partial charge on any atom is -0.449 e. The summed E-state index contributed by atoms with van der Waals surface area (Å²) in [5.74, 6) is 4.94. The van der Waals surface area contributed by atoms with Crippen LogP contribution >= 0.6 is 0 Å². The van der Waals surface area contributed by atoms with Crippen LogP contribution in [0.2, 0.25) is 0 Å². The van der Waals surface area contributed by atoms with Gasteiger partial charge in [-0.25, -0.2) is 4.98 Å². The zero-order chi connectivity index (χ0) is 19.5. The molecule has 0 unspecified atom stereocenters. The number of nitrogens with zero attached hydrogens (tertiary/aromatic N) is 1. The number of hydrogen-bond donors (Lipinski definition) is 1. The van der Waals surface area contributed by atoms with Crippen molar-refractivity contribution in [1.82, 2.24) is 4.98 Å². The molecule has 1 heterocycles. The fraction of sp³-hybridized carbons (Fsp3) is 0.833. The van der Waals surface area contributed by atoms with Crippen LogP contribution < -0.4 is 0 Å². The number of Topliss-reactive ketones (excluding diaryl/α,β-unsaturated/α-hetero) is 1. The van der Waals surface area contributed by atoms with Crippen LogP contribution in [0, 0.1) is 40.9 Å². The molecule has 0 saturated heterocycles. The van der Waals surface area contributed by atoms with Gasteiger partial charge in [0.15, 0.2) is 0 Å². The van der Waals surface area contributed by atoms with Crippen molar-refractivity contribution in [2.45, 2.75) is 83.7 Å². The highest BCUT2D eigenvalue weighted by Crippen LogP contribution is 2.64. The molecule has 0 aliphatic heterocycles. The van der Waals surface area contributed by atoms with Gasteiger partial charge in [0.1, 0.15) is 12.0 Å². The van der Waals surface area contributed by atoms with E-state index in [2.05, 4.69) is 11.9 Å². The SMILES string of the molecule is C[C@@]1(O)CC[C@H]2[C@H](CC[C@@H]3[C@@H]2CC[C@]2(C)[C@@H](C(=O)Cc4ncco4)CC[C@@H]32)C1. The summed E-state index contributed by atoms with van der Waals surface area (Å²) in [6.07, 6.45) is 14.1. The van der Waals surface area contributed by atoms with Crippen molar-refractivity contribution in [1.29, 1.82) is 0 Å². The van der Waals surface area contributed by atoms with E-state index in [1.807, 2.05) is 6.92 Å². The molecule has 5 rings (SSSR count). The van der Waals surface area contributed by atoms with E-state index in [0.717, 1.165) is 42.9 Å². The van der Waals surface area contributed by atoms with Crippen molar-refractivity contribution in [3.8, 4) is 0 Å². The number of aliphatic hydroxyl groups is 1. The standard InChI is InChI=1S/C24H35NO3/c1-23(27)9-7-16-15(14-23)3-4-18-17(16)8-10-24(2)19(18)5-6-20(24)21(26)13-22-25-11-12-28-22/h11-12,15-20,27H,3-10,13-14H2,1-2H3/t15-,16+,17-,18-,19+,20-,23-,24+/m1/s1. The van der Waals surface area contributed by atoms with Crippen molar-refractivity contribution in [3.63, 3.8) is 0 Å². The van der Waals surface area contributed by atoms with Gasteiger partial charge in [-0.2, -0.15) is 0 Å². The third kappa shape index (κ3) is 2.98. The van der Waals surface area contributed by atoms with E-state index in [1.54, 1.807) is 12.5 Å². The van der Waals surface area contributed by atoms with Crippen molar-refractivity contribution >= 4 is 5.78 Å². The second-order valence-electron chi connectivity index (χ2n) is 10.9. The normalized spacial score (nSPS) is 47.8. The molecule has 0 aromatic carbocycles. The minimum absolute atomic E-state index is 0.165. The van der Waals surface area contributed by atoms with Gasteiger partial charge in [-0.05, 0) is 99.7 Å². The van der Waals surface area contributed by atoms with E-state index < -0.39 is 5.60 Å². The predicted molar refractivity (Wildman–Crippen MR) is 106 cm³/mol. The molecule has 0 radical (unpaired) electrons. The first-order valence-electron chi connectivity index (χ1n) is 11.5. The molecule has 8 atom stereocenters. The molecule has 4 fully saturated rings. The average molecular weight is 386 g/mol. The van der Waals surface area contributed by atoms with Crippen molar-refractivity contribution in [3.05, 3.63) is 18.4 Å². The molecule has 28 heavy (non-hydrogen) atoms. The van der Waals surface area contributed by atoms with Crippen molar-refractivity contribution < 1.29 is 14.3 Å². The Kier molecular flexibility index (Phi) is 4.50. The topological polar surface area (TPSA) is 63.3 Å². The molecule has 154 valence electrons. The van der Waals surface area contributed by atoms with Gasteiger partial charge >= 0.3 is 0 Å². The zero-order valence-corrected chi connectivity index (χ0v) is 17.4. The third-order valence-electron chi connectivity index (χ3n) is 9.43. The molecule has 4 heteroatoms. The first-order chi connectivity index (χ1) is 13.4. The molecule has 4 nitrogen and oxygen atoms in total. The Labute approximate surface area is 168 Å². The summed E-state index contributed by atoms with van der Waals surface area (Å²) in [7, 11) is 0. The number of carbonyl (C=O) groups excluding carboxylic acids is 1. The molecule has 0 amide bonds. The second kappa shape index (κ2) is 6.68. The van der Waals surface area contributed by atoms with Crippen LogP contribution in [0.3, 0.4) is 0 Å². The molecular weight excluding hydrogens is 350 g/mol. The summed E-state index contributed by atoms with van der Waals surface area (Å²) in [5.41, 5.74) is -0.278. The van der Waals surface area contributed by atoms with Crippen molar-refractivity contribution in [2.75, 3.05) is 0 Å². The molecule has 1 aromatic heterocycles. The molecule has 1 aromatic rings. The maximum Gasteiger partial charge on any atom is 0.201 e. The van der Waals surface area contributed by atoms with Gasteiger partial charge in [-0.1, -0.05) is 6.92 Å². The van der Waals surface area contributed by atoms with Crippen molar-refractivity contribution in [2.24, 2.45) is 40.9 Å². The Hall–Kier alpha value is -1.16. The number of carbonyl (C=O) groups is 1. The van der Waals surface area contributed by atoms with Gasteiger partial charge in [-0.3, -0.25) is 4.79 Å². The van der Waals surface area contributed by atoms with Gasteiger partial charge in [0.05, 0.1) is 18.2 Å². The van der Waals surface area contributed by atoms with E-state index in [9.17, 15) is 9.90 Å². The van der Waals surface area contributed by atoms with E-state index in [1.165, 1.54) is 38.5 Å². The van der Waals surface area contributed by atoms with Crippen LogP contribution in [0.4, 0.5) is 0 Å². The summed E-state index contributed by atoms with van der Waals surface area (Å²) < 4.78 is 5.34. The van der Waals surface area contributed by atoms with E-state index in [-0.39, 0.29) is 11.3 Å². The highest BCUT2D eigenvalue weighted by molar-refractivity contribution is 5.83. The monoisotopic (exact) mass is 385 g/mol. The number of rotatable bonds is 3. The van der Waals surface area contributed by atoms with Gasteiger partial charge in [0.2, 0.25) is 5.89 Å². The lowest BCUT2D eigenvalue weighted by Crippen LogP contribution is -2.51. The smallest absolute Gasteiger partial charge is 0.201 e. The first kappa shape index (κ1) is 18.8. The van der Waals surface area contributed by atoms with Gasteiger partial charge in [0, 0.05) is 5.92 Å². The number of ketones is 1. The van der Waals surface area contributed by atoms with Gasteiger partial charge in [-0.15, -0.1) is 0 Å². The Balaban J connectivity index is 1.32. The lowest BCUT2D eigenvalue weighted by molar-refractivity contribution is -0.132. The number of fused-ring (bicyclic) bond motifs is 5. The highest BCUT2D eigenvalue weighted by Gasteiger charge is 2.58.